The summed E-state index contributed by atoms with van der Waals surface area (Å²) in [6.07, 6.45) is 7.09. The van der Waals surface area contributed by atoms with Crippen LogP contribution in [0.2, 0.25) is 0 Å². The van der Waals surface area contributed by atoms with Gasteiger partial charge in [0.05, 0.1) is 28.2 Å². The minimum atomic E-state index is -3.26. The number of carbonyl (C=O) groups is 2. The van der Waals surface area contributed by atoms with Crippen LogP contribution in [-0.2, 0) is 9.84 Å². The molecule has 3 aromatic rings. The van der Waals surface area contributed by atoms with Gasteiger partial charge in [0.15, 0.2) is 9.84 Å². The van der Waals surface area contributed by atoms with E-state index in [1.54, 1.807) is 53.4 Å². The largest absolute Gasteiger partial charge is 0.490 e. The average molecular weight is 603 g/mol. The molecule has 224 valence electrons. The van der Waals surface area contributed by atoms with Gasteiger partial charge in [-0.25, -0.2) is 8.42 Å². The third-order valence-electron chi connectivity index (χ3n) is 7.82. The van der Waals surface area contributed by atoms with Gasteiger partial charge in [0.25, 0.3) is 11.8 Å². The summed E-state index contributed by atoms with van der Waals surface area (Å²) in [5, 5.41) is 12.0. The monoisotopic (exact) mass is 602 g/mol. The lowest BCUT2D eigenvalue weighted by atomic mass is 9.92. The van der Waals surface area contributed by atoms with Crippen molar-refractivity contribution in [1.82, 2.24) is 15.2 Å². The van der Waals surface area contributed by atoms with Crippen LogP contribution in [0.1, 0.15) is 64.9 Å². The Hall–Kier alpha value is -4.43. The predicted octanol–water partition coefficient (Wildman–Crippen LogP) is 4.16. The van der Waals surface area contributed by atoms with E-state index in [0.29, 0.717) is 42.8 Å². The second kappa shape index (κ2) is 13.3. The van der Waals surface area contributed by atoms with Gasteiger partial charge in [-0.1, -0.05) is 0 Å². The number of pyridine rings is 1. The highest BCUT2D eigenvalue weighted by Gasteiger charge is 2.27. The molecule has 10 nitrogen and oxygen atoms in total. The van der Waals surface area contributed by atoms with Crippen LogP contribution in [0.5, 0.6) is 11.5 Å². The molecule has 1 aromatic heterocycles. The van der Waals surface area contributed by atoms with Crippen LogP contribution in [0, 0.1) is 11.3 Å². The number of piperidine rings is 1. The van der Waals surface area contributed by atoms with Crippen LogP contribution >= 0.6 is 0 Å². The second-order valence-electron chi connectivity index (χ2n) is 11.0. The minimum Gasteiger partial charge on any atom is -0.490 e. The summed E-state index contributed by atoms with van der Waals surface area (Å²) in [4.78, 5) is 32.1. The van der Waals surface area contributed by atoms with Crippen molar-refractivity contribution in [2.24, 2.45) is 0 Å². The molecule has 43 heavy (non-hydrogen) atoms. The number of hydrogen-bond acceptors (Lipinski definition) is 8. The highest BCUT2D eigenvalue weighted by Crippen LogP contribution is 2.25. The molecule has 2 fully saturated rings. The Morgan fingerprint density at radius 2 is 1.44 bits per heavy atom. The van der Waals surface area contributed by atoms with Gasteiger partial charge in [-0.05, 0) is 86.3 Å². The Bertz CT molecular complexity index is 1570. The summed E-state index contributed by atoms with van der Waals surface area (Å²) in [6, 6.07) is 18.8. The zero-order chi connectivity index (χ0) is 30.4. The molecule has 0 atom stereocenters. The van der Waals surface area contributed by atoms with Crippen molar-refractivity contribution in [2.45, 2.75) is 61.7 Å². The minimum absolute atomic E-state index is 0.0377. The molecule has 0 unspecified atom stereocenters. The molecule has 2 aromatic carbocycles. The first kappa shape index (κ1) is 30.0. The lowest BCUT2D eigenvalue weighted by Gasteiger charge is -2.32. The highest BCUT2D eigenvalue weighted by atomic mass is 32.2. The number of nitrogens with one attached hydrogen (secondary N) is 1. The van der Waals surface area contributed by atoms with E-state index in [-0.39, 0.29) is 40.7 Å². The maximum atomic E-state index is 13.0. The number of rotatable bonds is 8. The van der Waals surface area contributed by atoms with Crippen molar-refractivity contribution in [3.8, 4) is 17.6 Å². The van der Waals surface area contributed by atoms with E-state index in [4.69, 9.17) is 14.7 Å². The van der Waals surface area contributed by atoms with Crippen LogP contribution in [0.25, 0.3) is 0 Å². The van der Waals surface area contributed by atoms with Crippen LogP contribution in [0.4, 0.5) is 0 Å². The first-order valence-corrected chi connectivity index (χ1v) is 16.3. The van der Waals surface area contributed by atoms with Crippen molar-refractivity contribution in [1.29, 1.82) is 5.26 Å². The summed E-state index contributed by atoms with van der Waals surface area (Å²) in [5.41, 5.74) is 1.28. The molecular weight excluding hydrogens is 568 g/mol. The predicted molar refractivity (Wildman–Crippen MR) is 159 cm³/mol. The standard InChI is InChI=1S/C32H34N4O6S/c1-43(39,40)29-13-11-27(12-14-29)42-28-16-18-36(19-17-28)32(38)30-15-4-23(21-34-30)31(37)35-24-5-9-26(10-6-24)41-25-7-2-22(20-33)3-8-25/h2-4,7-8,11-15,21,24,26,28H,5-6,9-10,16-19H2,1H3,(H,35,37). The van der Waals surface area contributed by atoms with Gasteiger partial charge in [0.1, 0.15) is 23.3 Å². The molecule has 2 aliphatic rings. The van der Waals surface area contributed by atoms with Gasteiger partial charge in [-0.15, -0.1) is 0 Å². The number of amides is 2. The van der Waals surface area contributed by atoms with Crippen LogP contribution in [0.15, 0.2) is 71.8 Å². The molecular formula is C32H34N4O6S. The van der Waals surface area contributed by atoms with Crippen LogP contribution in [0.3, 0.4) is 0 Å². The fourth-order valence-corrected chi connectivity index (χ4v) is 5.98. The summed E-state index contributed by atoms with van der Waals surface area (Å²) >= 11 is 0. The van der Waals surface area contributed by atoms with E-state index in [9.17, 15) is 18.0 Å². The fourth-order valence-electron chi connectivity index (χ4n) is 5.35. The number of sulfone groups is 1. The molecule has 1 saturated heterocycles. The number of nitriles is 1. The topological polar surface area (TPSA) is 139 Å². The number of carbonyl (C=O) groups excluding carboxylic acids is 2. The van der Waals surface area contributed by atoms with Gasteiger partial charge in [-0.2, -0.15) is 5.26 Å². The third kappa shape index (κ3) is 7.90. The van der Waals surface area contributed by atoms with Crippen molar-refractivity contribution in [3.05, 3.63) is 83.7 Å². The van der Waals surface area contributed by atoms with Crippen molar-refractivity contribution in [2.75, 3.05) is 19.3 Å². The molecule has 1 N–H and O–H groups in total. The normalized spacial score (nSPS) is 19.2. The molecule has 1 aliphatic heterocycles. The molecule has 1 saturated carbocycles. The van der Waals surface area contributed by atoms with Crippen molar-refractivity contribution in [3.63, 3.8) is 0 Å². The molecule has 2 heterocycles. The van der Waals surface area contributed by atoms with Gasteiger partial charge in [0.2, 0.25) is 0 Å². The van der Waals surface area contributed by atoms with E-state index in [1.165, 1.54) is 18.3 Å². The summed E-state index contributed by atoms with van der Waals surface area (Å²) in [6.45, 7) is 1.01. The van der Waals surface area contributed by atoms with Crippen LogP contribution < -0.4 is 14.8 Å². The summed E-state index contributed by atoms with van der Waals surface area (Å²) < 4.78 is 35.3. The molecule has 0 bridgehead atoms. The maximum absolute atomic E-state index is 13.0. The Labute approximate surface area is 251 Å². The van der Waals surface area contributed by atoms with E-state index in [0.717, 1.165) is 37.7 Å². The van der Waals surface area contributed by atoms with E-state index in [1.807, 2.05) is 0 Å². The Morgan fingerprint density at radius 1 is 0.860 bits per heavy atom. The number of aromatic nitrogens is 1. The van der Waals surface area contributed by atoms with Gasteiger partial charge >= 0.3 is 0 Å². The molecule has 1 aliphatic carbocycles. The van der Waals surface area contributed by atoms with Crippen molar-refractivity contribution >= 4 is 21.7 Å². The zero-order valence-electron chi connectivity index (χ0n) is 23.9. The first-order chi connectivity index (χ1) is 20.7. The molecule has 11 heteroatoms. The number of hydrogen-bond donors (Lipinski definition) is 1. The van der Waals surface area contributed by atoms with E-state index < -0.39 is 9.84 Å². The van der Waals surface area contributed by atoms with Gasteiger partial charge in [0, 0.05) is 44.4 Å². The van der Waals surface area contributed by atoms with E-state index in [2.05, 4.69) is 16.4 Å². The Balaban J connectivity index is 1.05. The Morgan fingerprint density at radius 3 is 1.98 bits per heavy atom. The molecule has 5 rings (SSSR count). The maximum Gasteiger partial charge on any atom is 0.272 e. The third-order valence-corrected chi connectivity index (χ3v) is 8.95. The lowest BCUT2D eigenvalue weighted by molar-refractivity contribution is 0.0589. The van der Waals surface area contributed by atoms with Crippen LogP contribution in [-0.4, -0.2) is 67.7 Å². The zero-order valence-corrected chi connectivity index (χ0v) is 24.8. The second-order valence-corrected chi connectivity index (χ2v) is 13.0. The average Bonchev–Trinajstić information content (AvgIpc) is 3.02. The molecule has 0 radical (unpaired) electrons. The van der Waals surface area contributed by atoms with Gasteiger partial charge < -0.3 is 19.7 Å². The first-order valence-electron chi connectivity index (χ1n) is 14.4. The quantitative estimate of drug-likeness (QED) is 0.406. The van der Waals surface area contributed by atoms with E-state index >= 15 is 0 Å². The number of ether oxygens (including phenoxy) is 2. The Kier molecular flexibility index (Phi) is 9.26. The number of likely N-dealkylation sites (tertiary alicyclic amines) is 1. The SMILES string of the molecule is CS(=O)(=O)c1ccc(OC2CCN(C(=O)c3ccc(C(=O)NC4CCC(Oc5ccc(C#N)cc5)CC4)cn3)CC2)cc1. The summed E-state index contributed by atoms with van der Waals surface area (Å²) in [7, 11) is -3.26. The number of nitrogens with zero attached hydrogens (tertiary/aromatic N) is 3. The summed E-state index contributed by atoms with van der Waals surface area (Å²) in [5.74, 6) is 0.926. The van der Waals surface area contributed by atoms with Gasteiger partial charge in [-0.3, -0.25) is 14.6 Å². The molecule has 0 spiro atoms. The van der Waals surface area contributed by atoms with Crippen molar-refractivity contribution < 1.29 is 27.5 Å². The lowest BCUT2D eigenvalue weighted by Crippen LogP contribution is -2.42. The molecule has 2 amide bonds. The smallest absolute Gasteiger partial charge is 0.272 e. The number of benzene rings is 2. The fraction of sp³-hybridized carbons (Fsp3) is 0.375. The highest BCUT2D eigenvalue weighted by molar-refractivity contribution is 7.90.